The smallest absolute Gasteiger partial charge is 0.375 e. The fourth-order valence-electron chi connectivity index (χ4n) is 2.62. The second-order valence-electron chi connectivity index (χ2n) is 6.08. The van der Waals surface area contributed by atoms with Crippen molar-refractivity contribution < 1.29 is 32.3 Å². The minimum absolute atomic E-state index is 0.0557. The Labute approximate surface area is 159 Å². The Morgan fingerprint density at radius 1 is 1.14 bits per heavy atom. The maximum absolute atomic E-state index is 13.6. The summed E-state index contributed by atoms with van der Waals surface area (Å²) in [5.74, 6) is -2.64. The van der Waals surface area contributed by atoms with E-state index in [1.54, 1.807) is 25.1 Å². The van der Waals surface area contributed by atoms with E-state index in [2.05, 4.69) is 5.32 Å². The van der Waals surface area contributed by atoms with Crippen LogP contribution in [0.5, 0.6) is 5.75 Å². The number of hydrogen-bond donors (Lipinski definition) is 1. The first-order valence-corrected chi connectivity index (χ1v) is 8.34. The molecule has 0 spiro atoms. The Hall–Kier alpha value is -3.42. The summed E-state index contributed by atoms with van der Waals surface area (Å²) < 4.78 is 42.6. The number of anilines is 1. The summed E-state index contributed by atoms with van der Waals surface area (Å²) in [5, 5.41) is 2.86. The van der Waals surface area contributed by atoms with E-state index in [-0.39, 0.29) is 11.4 Å². The molecule has 28 heavy (non-hydrogen) atoms. The molecule has 1 heterocycles. The van der Waals surface area contributed by atoms with Crippen molar-refractivity contribution in [1.29, 1.82) is 0 Å². The summed E-state index contributed by atoms with van der Waals surface area (Å²) in [6.45, 7) is 2.99. The van der Waals surface area contributed by atoms with Crippen LogP contribution in [0.4, 0.5) is 14.5 Å². The fraction of sp³-hybridized carbons (Fsp3) is 0.200. The Balaban J connectivity index is 1.75. The van der Waals surface area contributed by atoms with Gasteiger partial charge in [0.05, 0.1) is 12.8 Å². The molecule has 3 aromatic rings. The summed E-state index contributed by atoms with van der Waals surface area (Å²) in [7, 11) is 1.52. The highest BCUT2D eigenvalue weighted by Crippen LogP contribution is 2.29. The van der Waals surface area contributed by atoms with E-state index in [4.69, 9.17) is 13.9 Å². The Kier molecular flexibility index (Phi) is 5.30. The van der Waals surface area contributed by atoms with Crippen molar-refractivity contribution in [3.05, 3.63) is 59.4 Å². The first-order valence-electron chi connectivity index (χ1n) is 8.34. The molecule has 0 saturated heterocycles. The lowest BCUT2D eigenvalue weighted by Gasteiger charge is -2.13. The summed E-state index contributed by atoms with van der Waals surface area (Å²) in [6, 6.07) is 7.69. The van der Waals surface area contributed by atoms with Gasteiger partial charge in [-0.3, -0.25) is 4.79 Å². The molecule has 1 N–H and O–H groups in total. The molecule has 0 aliphatic rings. The molecule has 0 saturated carbocycles. The monoisotopic (exact) mass is 389 g/mol. The summed E-state index contributed by atoms with van der Waals surface area (Å²) in [5.41, 5.74) is 0.645. The quantitative estimate of drug-likeness (QED) is 0.662. The molecule has 2 aromatic carbocycles. The van der Waals surface area contributed by atoms with Gasteiger partial charge in [-0.15, -0.1) is 0 Å². The predicted octanol–water partition coefficient (Wildman–Crippen LogP) is 4.21. The van der Waals surface area contributed by atoms with Gasteiger partial charge in [0.25, 0.3) is 5.91 Å². The van der Waals surface area contributed by atoms with Gasteiger partial charge in [-0.25, -0.2) is 13.6 Å². The second-order valence-corrected chi connectivity index (χ2v) is 6.08. The van der Waals surface area contributed by atoms with Gasteiger partial charge >= 0.3 is 5.97 Å². The number of nitrogens with one attached hydrogen (secondary N) is 1. The summed E-state index contributed by atoms with van der Waals surface area (Å²) in [6.07, 6.45) is -1.27. The number of hydrogen-bond acceptors (Lipinski definition) is 5. The van der Waals surface area contributed by atoms with Crippen LogP contribution < -0.4 is 10.1 Å². The minimum Gasteiger partial charge on any atom is -0.497 e. The van der Waals surface area contributed by atoms with E-state index in [0.29, 0.717) is 22.3 Å². The van der Waals surface area contributed by atoms with Crippen molar-refractivity contribution in [2.24, 2.45) is 0 Å². The molecule has 0 radical (unpaired) electrons. The van der Waals surface area contributed by atoms with Gasteiger partial charge in [0.15, 0.2) is 6.10 Å². The average Bonchev–Trinajstić information content (AvgIpc) is 3.00. The number of esters is 1. The molecule has 0 aliphatic heterocycles. The maximum Gasteiger partial charge on any atom is 0.375 e. The minimum atomic E-state index is -1.27. The highest BCUT2D eigenvalue weighted by atomic mass is 19.1. The Bertz CT molecular complexity index is 1060. The lowest BCUT2D eigenvalue weighted by molar-refractivity contribution is -0.123. The Morgan fingerprint density at radius 2 is 1.89 bits per heavy atom. The molecule has 1 amide bonds. The number of aryl methyl sites for hydroxylation is 1. The van der Waals surface area contributed by atoms with Crippen LogP contribution in [-0.2, 0) is 9.53 Å². The lowest BCUT2D eigenvalue weighted by Crippen LogP contribution is -2.30. The van der Waals surface area contributed by atoms with Gasteiger partial charge in [0, 0.05) is 17.0 Å². The highest BCUT2D eigenvalue weighted by molar-refractivity contribution is 5.99. The third kappa shape index (κ3) is 3.80. The number of ether oxygens (including phenoxy) is 2. The van der Waals surface area contributed by atoms with Crippen LogP contribution in [0.1, 0.15) is 23.0 Å². The number of methoxy groups -OCH3 is 1. The summed E-state index contributed by atoms with van der Waals surface area (Å²) >= 11 is 0. The number of rotatable bonds is 5. The number of amides is 1. The first kappa shape index (κ1) is 19.3. The topological polar surface area (TPSA) is 77.8 Å². The van der Waals surface area contributed by atoms with Crippen molar-refractivity contribution in [3.8, 4) is 5.75 Å². The second kappa shape index (κ2) is 7.67. The average molecular weight is 389 g/mol. The van der Waals surface area contributed by atoms with Crippen LogP contribution in [0.15, 0.2) is 40.8 Å². The number of carbonyl (C=O) groups excluding carboxylic acids is 2. The van der Waals surface area contributed by atoms with Crippen LogP contribution >= 0.6 is 0 Å². The van der Waals surface area contributed by atoms with Gasteiger partial charge < -0.3 is 19.2 Å². The van der Waals surface area contributed by atoms with Gasteiger partial charge in [0.1, 0.15) is 23.0 Å². The molecule has 146 valence electrons. The van der Waals surface area contributed by atoms with E-state index in [9.17, 15) is 18.4 Å². The molecule has 3 rings (SSSR count). The molecular formula is C20H17F2NO5. The van der Waals surface area contributed by atoms with E-state index in [1.165, 1.54) is 14.0 Å². The molecule has 0 aliphatic carbocycles. The maximum atomic E-state index is 13.6. The van der Waals surface area contributed by atoms with Gasteiger partial charge in [-0.1, -0.05) is 0 Å². The van der Waals surface area contributed by atoms with Gasteiger partial charge in [-0.2, -0.15) is 0 Å². The SMILES string of the molecule is COc1ccc2oc(C(=O)O[C@@H](C)C(=O)Nc3cc(F)ccc3F)c(C)c2c1. The summed E-state index contributed by atoms with van der Waals surface area (Å²) in [4.78, 5) is 24.6. The van der Waals surface area contributed by atoms with Crippen molar-refractivity contribution >= 4 is 28.5 Å². The Morgan fingerprint density at radius 3 is 2.61 bits per heavy atom. The number of furan rings is 1. The molecule has 6 nitrogen and oxygen atoms in total. The number of halogens is 2. The number of benzene rings is 2. The fourth-order valence-corrected chi connectivity index (χ4v) is 2.62. The standard InChI is InChI=1S/C20H17F2NO5/c1-10-14-9-13(26-3)5-7-17(14)28-18(10)20(25)27-11(2)19(24)23-16-8-12(21)4-6-15(16)22/h4-9,11H,1-3H3,(H,23,24)/t11-/m0/s1. The van der Waals surface area contributed by atoms with Gasteiger partial charge in [0.2, 0.25) is 5.76 Å². The largest absolute Gasteiger partial charge is 0.497 e. The molecule has 0 bridgehead atoms. The molecular weight excluding hydrogens is 372 g/mol. The van der Waals surface area contributed by atoms with Crippen LogP contribution in [0.2, 0.25) is 0 Å². The zero-order chi connectivity index (χ0) is 20.4. The normalized spacial score (nSPS) is 11.9. The van der Waals surface area contributed by atoms with Crippen molar-refractivity contribution in [1.82, 2.24) is 0 Å². The lowest BCUT2D eigenvalue weighted by atomic mass is 10.1. The third-order valence-corrected chi connectivity index (χ3v) is 4.17. The zero-order valence-corrected chi connectivity index (χ0v) is 15.3. The van der Waals surface area contributed by atoms with Crippen LogP contribution in [0.25, 0.3) is 11.0 Å². The molecule has 8 heteroatoms. The first-order chi connectivity index (χ1) is 13.3. The van der Waals surface area contributed by atoms with Crippen molar-refractivity contribution in [3.63, 3.8) is 0 Å². The molecule has 0 fully saturated rings. The van der Waals surface area contributed by atoms with Crippen LogP contribution in [0.3, 0.4) is 0 Å². The predicted molar refractivity (Wildman–Crippen MR) is 97.4 cm³/mol. The highest BCUT2D eigenvalue weighted by Gasteiger charge is 2.25. The zero-order valence-electron chi connectivity index (χ0n) is 15.3. The molecule has 1 atom stereocenters. The molecule has 0 unspecified atom stereocenters. The number of fused-ring (bicyclic) bond motifs is 1. The van der Waals surface area contributed by atoms with E-state index < -0.39 is 29.6 Å². The van der Waals surface area contributed by atoms with E-state index in [1.807, 2.05) is 0 Å². The van der Waals surface area contributed by atoms with Crippen LogP contribution in [-0.4, -0.2) is 25.1 Å². The molecule has 1 aromatic heterocycles. The van der Waals surface area contributed by atoms with Crippen molar-refractivity contribution in [2.45, 2.75) is 20.0 Å². The third-order valence-electron chi connectivity index (χ3n) is 4.17. The number of carbonyl (C=O) groups is 2. The van der Waals surface area contributed by atoms with E-state index >= 15 is 0 Å². The van der Waals surface area contributed by atoms with Gasteiger partial charge in [-0.05, 0) is 44.2 Å². The van der Waals surface area contributed by atoms with E-state index in [0.717, 1.165) is 18.2 Å². The van der Waals surface area contributed by atoms with Crippen LogP contribution in [0, 0.1) is 18.6 Å². The van der Waals surface area contributed by atoms with Crippen molar-refractivity contribution in [2.75, 3.05) is 12.4 Å².